The minimum absolute atomic E-state index is 0.0928. The molecule has 0 unspecified atom stereocenters. The van der Waals surface area contributed by atoms with Gasteiger partial charge in [-0.2, -0.15) is 0 Å². The first-order valence-electron chi connectivity index (χ1n) is 7.22. The smallest absolute Gasteiger partial charge is 0.253 e. The summed E-state index contributed by atoms with van der Waals surface area (Å²) >= 11 is 3.34. The molecule has 0 spiro atoms. The molecule has 0 aliphatic carbocycles. The van der Waals surface area contributed by atoms with E-state index in [4.69, 9.17) is 5.73 Å². The second-order valence-electron chi connectivity index (χ2n) is 5.24. The van der Waals surface area contributed by atoms with E-state index in [9.17, 15) is 4.79 Å². The lowest BCUT2D eigenvalue weighted by atomic mass is 10.1. The molecule has 1 fully saturated rings. The van der Waals surface area contributed by atoms with E-state index in [0.29, 0.717) is 17.8 Å². The van der Waals surface area contributed by atoms with Crippen LogP contribution in [0.25, 0.3) is 0 Å². The van der Waals surface area contributed by atoms with Gasteiger partial charge in [0.1, 0.15) is 0 Å². The zero-order chi connectivity index (χ0) is 14.4. The summed E-state index contributed by atoms with van der Waals surface area (Å²) in [5.74, 6) is -0.0928. The Morgan fingerprint density at radius 1 is 1.25 bits per heavy atom. The van der Waals surface area contributed by atoms with Gasteiger partial charge in [-0.25, -0.2) is 0 Å². The highest BCUT2D eigenvalue weighted by molar-refractivity contribution is 9.10. The maximum atomic E-state index is 12.1. The topological polar surface area (TPSA) is 58.4 Å². The summed E-state index contributed by atoms with van der Waals surface area (Å²) in [7, 11) is 0. The summed E-state index contributed by atoms with van der Waals surface area (Å²) < 4.78 is 0.885. The third kappa shape index (κ3) is 4.49. The number of anilines is 1. The number of benzene rings is 1. The van der Waals surface area contributed by atoms with Crippen molar-refractivity contribution in [1.29, 1.82) is 0 Å². The molecule has 0 saturated carbocycles. The number of halogens is 1. The molecule has 4 nitrogen and oxygen atoms in total. The number of likely N-dealkylation sites (tertiary alicyclic amines) is 1. The SMILES string of the molecule is Nc1cc(Br)ccc1C(=O)NCCN1CCCCCC1. The number of rotatable bonds is 4. The van der Waals surface area contributed by atoms with Crippen molar-refractivity contribution in [3.63, 3.8) is 0 Å². The van der Waals surface area contributed by atoms with Crippen LogP contribution in [0.1, 0.15) is 36.0 Å². The van der Waals surface area contributed by atoms with Crippen molar-refractivity contribution in [1.82, 2.24) is 10.2 Å². The fourth-order valence-corrected chi connectivity index (χ4v) is 2.90. The van der Waals surface area contributed by atoms with Gasteiger partial charge in [0.25, 0.3) is 5.91 Å². The van der Waals surface area contributed by atoms with Gasteiger partial charge in [-0.05, 0) is 44.1 Å². The van der Waals surface area contributed by atoms with Gasteiger partial charge in [0.05, 0.1) is 5.56 Å². The zero-order valence-corrected chi connectivity index (χ0v) is 13.3. The molecule has 1 amide bonds. The molecule has 1 aliphatic heterocycles. The number of hydrogen-bond acceptors (Lipinski definition) is 3. The minimum Gasteiger partial charge on any atom is -0.398 e. The van der Waals surface area contributed by atoms with Crippen LogP contribution in [0.4, 0.5) is 5.69 Å². The van der Waals surface area contributed by atoms with Gasteiger partial charge in [-0.1, -0.05) is 28.8 Å². The van der Waals surface area contributed by atoms with Gasteiger partial charge in [0, 0.05) is 23.2 Å². The first-order chi connectivity index (χ1) is 9.66. The van der Waals surface area contributed by atoms with E-state index in [0.717, 1.165) is 24.1 Å². The largest absolute Gasteiger partial charge is 0.398 e. The molecule has 0 aromatic heterocycles. The van der Waals surface area contributed by atoms with Gasteiger partial charge < -0.3 is 16.0 Å². The number of carbonyl (C=O) groups excluding carboxylic acids is 1. The molecule has 20 heavy (non-hydrogen) atoms. The van der Waals surface area contributed by atoms with E-state index in [1.165, 1.54) is 25.7 Å². The Morgan fingerprint density at radius 3 is 2.60 bits per heavy atom. The van der Waals surface area contributed by atoms with E-state index < -0.39 is 0 Å². The van der Waals surface area contributed by atoms with Crippen molar-refractivity contribution in [2.24, 2.45) is 0 Å². The molecular weight excluding hydrogens is 318 g/mol. The van der Waals surface area contributed by atoms with Gasteiger partial charge >= 0.3 is 0 Å². The second-order valence-corrected chi connectivity index (χ2v) is 6.16. The molecule has 5 heteroatoms. The molecule has 0 atom stereocenters. The van der Waals surface area contributed by atoms with Crippen LogP contribution in [0.15, 0.2) is 22.7 Å². The van der Waals surface area contributed by atoms with Crippen LogP contribution < -0.4 is 11.1 Å². The summed E-state index contributed by atoms with van der Waals surface area (Å²) in [6, 6.07) is 5.34. The average Bonchev–Trinajstić information content (AvgIpc) is 2.67. The third-order valence-electron chi connectivity index (χ3n) is 3.67. The summed E-state index contributed by atoms with van der Waals surface area (Å²) in [6.07, 6.45) is 5.21. The summed E-state index contributed by atoms with van der Waals surface area (Å²) in [6.45, 7) is 3.89. The number of nitrogen functional groups attached to an aromatic ring is 1. The van der Waals surface area contributed by atoms with Crippen LogP contribution >= 0.6 is 15.9 Å². The number of nitrogens with one attached hydrogen (secondary N) is 1. The van der Waals surface area contributed by atoms with E-state index >= 15 is 0 Å². The van der Waals surface area contributed by atoms with Crippen LogP contribution in [0.2, 0.25) is 0 Å². The highest BCUT2D eigenvalue weighted by Crippen LogP contribution is 2.18. The predicted octanol–water partition coefficient (Wildman–Crippen LogP) is 2.64. The van der Waals surface area contributed by atoms with Crippen LogP contribution in [0.3, 0.4) is 0 Å². The standard InChI is InChI=1S/C15H22BrN3O/c16-12-5-6-13(14(17)11-12)15(20)18-7-10-19-8-3-1-2-4-9-19/h5-6,11H,1-4,7-10,17H2,(H,18,20). The summed E-state index contributed by atoms with van der Waals surface area (Å²) in [5.41, 5.74) is 6.91. The summed E-state index contributed by atoms with van der Waals surface area (Å²) in [5, 5.41) is 2.95. The van der Waals surface area contributed by atoms with E-state index in [1.807, 2.05) is 6.07 Å². The molecule has 1 saturated heterocycles. The minimum atomic E-state index is -0.0928. The molecular formula is C15H22BrN3O. The van der Waals surface area contributed by atoms with Crippen molar-refractivity contribution >= 4 is 27.5 Å². The average molecular weight is 340 g/mol. The lowest BCUT2D eigenvalue weighted by molar-refractivity contribution is 0.0949. The quantitative estimate of drug-likeness (QED) is 0.829. The van der Waals surface area contributed by atoms with Gasteiger partial charge in [0.2, 0.25) is 0 Å². The lowest BCUT2D eigenvalue weighted by Crippen LogP contribution is -2.35. The second kappa shape index (κ2) is 7.64. The Bertz CT molecular complexity index is 456. The monoisotopic (exact) mass is 339 g/mol. The molecule has 1 aliphatic rings. The molecule has 2 rings (SSSR count). The zero-order valence-electron chi connectivity index (χ0n) is 11.7. The number of nitrogens with two attached hydrogens (primary N) is 1. The van der Waals surface area contributed by atoms with Gasteiger partial charge in [-0.15, -0.1) is 0 Å². The van der Waals surface area contributed by atoms with E-state index in [1.54, 1.807) is 12.1 Å². The van der Waals surface area contributed by atoms with Crippen LogP contribution in [0, 0.1) is 0 Å². The first-order valence-corrected chi connectivity index (χ1v) is 8.02. The first kappa shape index (κ1) is 15.3. The van der Waals surface area contributed by atoms with Crippen molar-refractivity contribution in [2.75, 3.05) is 31.9 Å². The van der Waals surface area contributed by atoms with E-state index in [2.05, 4.69) is 26.1 Å². The van der Waals surface area contributed by atoms with E-state index in [-0.39, 0.29) is 5.91 Å². The predicted molar refractivity (Wildman–Crippen MR) is 85.8 cm³/mol. The van der Waals surface area contributed by atoms with Crippen LogP contribution in [-0.4, -0.2) is 37.0 Å². The molecule has 3 N–H and O–H groups in total. The molecule has 0 bridgehead atoms. The maximum absolute atomic E-state index is 12.1. The van der Waals surface area contributed by atoms with Crippen LogP contribution in [-0.2, 0) is 0 Å². The Morgan fingerprint density at radius 2 is 1.95 bits per heavy atom. The lowest BCUT2D eigenvalue weighted by Gasteiger charge is -2.19. The van der Waals surface area contributed by atoms with Crippen molar-refractivity contribution < 1.29 is 4.79 Å². The van der Waals surface area contributed by atoms with Crippen molar-refractivity contribution in [3.05, 3.63) is 28.2 Å². The van der Waals surface area contributed by atoms with Crippen molar-refractivity contribution in [3.8, 4) is 0 Å². The number of nitrogens with zero attached hydrogens (tertiary/aromatic N) is 1. The number of hydrogen-bond donors (Lipinski definition) is 2. The van der Waals surface area contributed by atoms with Gasteiger partial charge in [0.15, 0.2) is 0 Å². The Kier molecular flexibility index (Phi) is 5.86. The Balaban J connectivity index is 1.79. The Hall–Kier alpha value is -1.07. The van der Waals surface area contributed by atoms with Crippen LogP contribution in [0.5, 0.6) is 0 Å². The Labute approximate surface area is 128 Å². The molecule has 110 valence electrons. The highest BCUT2D eigenvalue weighted by Gasteiger charge is 2.11. The summed E-state index contributed by atoms with van der Waals surface area (Å²) in [4.78, 5) is 14.5. The fraction of sp³-hybridized carbons (Fsp3) is 0.533. The maximum Gasteiger partial charge on any atom is 0.253 e. The molecule has 1 aromatic rings. The third-order valence-corrected chi connectivity index (χ3v) is 4.16. The van der Waals surface area contributed by atoms with Crippen molar-refractivity contribution in [2.45, 2.75) is 25.7 Å². The molecule has 0 radical (unpaired) electrons. The molecule has 1 aromatic carbocycles. The number of carbonyl (C=O) groups is 1. The normalized spacial score (nSPS) is 16.6. The number of amides is 1. The fourth-order valence-electron chi connectivity index (χ4n) is 2.52. The highest BCUT2D eigenvalue weighted by atomic mass is 79.9. The molecule has 1 heterocycles. The van der Waals surface area contributed by atoms with Gasteiger partial charge in [-0.3, -0.25) is 4.79 Å².